The van der Waals surface area contributed by atoms with Crippen molar-refractivity contribution in [3.63, 3.8) is 0 Å². The molecule has 1 saturated heterocycles. The molecule has 1 rings (SSSR count). The number of hydrogen-bond donors (Lipinski definition) is 3. The van der Waals surface area contributed by atoms with Gasteiger partial charge in [0.1, 0.15) is 18.3 Å². The second-order valence-corrected chi connectivity index (χ2v) is 3.55. The van der Waals surface area contributed by atoms with Gasteiger partial charge in [0.15, 0.2) is 6.29 Å². The van der Waals surface area contributed by atoms with E-state index in [1.807, 2.05) is 6.92 Å². The number of aliphatic hydroxyl groups excluding tert-OH is 3. The van der Waals surface area contributed by atoms with Crippen LogP contribution in [0.3, 0.4) is 0 Å². The average molecular weight is 206 g/mol. The Balaban J connectivity index is 2.57. The Bertz CT molecular complexity index is 161. The lowest BCUT2D eigenvalue weighted by Crippen LogP contribution is -2.57. The average Bonchev–Trinajstić information content (AvgIpc) is 2.15. The zero-order valence-corrected chi connectivity index (χ0v) is 8.46. The molecule has 1 aliphatic heterocycles. The molecule has 0 aromatic carbocycles. The summed E-state index contributed by atoms with van der Waals surface area (Å²) in [6, 6.07) is 0. The summed E-state index contributed by atoms with van der Waals surface area (Å²) in [7, 11) is 0. The van der Waals surface area contributed by atoms with Crippen LogP contribution in [-0.2, 0) is 9.47 Å². The molecule has 1 aliphatic rings. The molecule has 3 N–H and O–H groups in total. The van der Waals surface area contributed by atoms with E-state index in [9.17, 15) is 15.3 Å². The van der Waals surface area contributed by atoms with Crippen molar-refractivity contribution >= 4 is 0 Å². The quantitative estimate of drug-likeness (QED) is 0.565. The minimum atomic E-state index is -1.28. The Morgan fingerprint density at radius 2 is 1.86 bits per heavy atom. The van der Waals surface area contributed by atoms with Crippen molar-refractivity contribution in [2.75, 3.05) is 6.61 Å². The van der Waals surface area contributed by atoms with Gasteiger partial charge in [-0.3, -0.25) is 0 Å². The van der Waals surface area contributed by atoms with Crippen molar-refractivity contribution in [2.24, 2.45) is 0 Å². The normalized spacial score (nSPS) is 43.9. The van der Waals surface area contributed by atoms with Crippen molar-refractivity contribution in [1.82, 2.24) is 0 Å². The van der Waals surface area contributed by atoms with E-state index in [0.717, 1.165) is 6.42 Å². The van der Waals surface area contributed by atoms with Gasteiger partial charge in [0.05, 0.1) is 6.10 Å². The molecule has 5 heteroatoms. The Morgan fingerprint density at radius 1 is 1.21 bits per heavy atom. The van der Waals surface area contributed by atoms with Crippen molar-refractivity contribution in [3.8, 4) is 0 Å². The van der Waals surface area contributed by atoms with Crippen LogP contribution in [0.2, 0.25) is 0 Å². The van der Waals surface area contributed by atoms with Crippen LogP contribution in [0, 0.1) is 0 Å². The third-order valence-corrected chi connectivity index (χ3v) is 2.31. The Labute approximate surface area is 83.3 Å². The number of rotatable bonds is 3. The third-order valence-electron chi connectivity index (χ3n) is 2.31. The maximum Gasteiger partial charge on any atom is 0.183 e. The van der Waals surface area contributed by atoms with Crippen molar-refractivity contribution in [3.05, 3.63) is 0 Å². The minimum Gasteiger partial charge on any atom is -0.388 e. The van der Waals surface area contributed by atoms with E-state index in [-0.39, 0.29) is 0 Å². The van der Waals surface area contributed by atoms with Gasteiger partial charge in [0.25, 0.3) is 0 Å². The topological polar surface area (TPSA) is 79.2 Å². The van der Waals surface area contributed by atoms with Crippen LogP contribution in [0.15, 0.2) is 0 Å². The predicted molar refractivity (Wildman–Crippen MR) is 48.6 cm³/mol. The molecule has 0 aromatic rings. The van der Waals surface area contributed by atoms with E-state index in [4.69, 9.17) is 9.47 Å². The highest BCUT2D eigenvalue weighted by atomic mass is 16.6. The molecule has 0 aliphatic carbocycles. The molecular weight excluding hydrogens is 188 g/mol. The van der Waals surface area contributed by atoms with Gasteiger partial charge >= 0.3 is 0 Å². The molecule has 5 atom stereocenters. The summed E-state index contributed by atoms with van der Waals surface area (Å²) >= 11 is 0. The van der Waals surface area contributed by atoms with E-state index in [0.29, 0.717) is 6.61 Å². The second-order valence-electron chi connectivity index (χ2n) is 3.55. The molecule has 1 heterocycles. The lowest BCUT2D eigenvalue weighted by molar-refractivity contribution is -0.286. The molecule has 0 aromatic heterocycles. The highest BCUT2D eigenvalue weighted by Gasteiger charge is 2.42. The largest absolute Gasteiger partial charge is 0.388 e. The summed E-state index contributed by atoms with van der Waals surface area (Å²) in [5, 5.41) is 28.4. The van der Waals surface area contributed by atoms with Crippen LogP contribution in [0.5, 0.6) is 0 Å². The van der Waals surface area contributed by atoms with Gasteiger partial charge in [0, 0.05) is 6.61 Å². The molecule has 0 bridgehead atoms. The van der Waals surface area contributed by atoms with Crippen LogP contribution in [0.1, 0.15) is 20.3 Å². The Kier molecular flexibility index (Phi) is 4.28. The lowest BCUT2D eigenvalue weighted by atomic mass is 10.00. The first-order chi connectivity index (χ1) is 6.57. The molecule has 84 valence electrons. The molecule has 14 heavy (non-hydrogen) atoms. The zero-order valence-electron chi connectivity index (χ0n) is 8.46. The lowest BCUT2D eigenvalue weighted by Gasteiger charge is -2.39. The predicted octanol–water partition coefficient (Wildman–Crippen LogP) is -0.760. The minimum absolute atomic E-state index is 0.443. The van der Waals surface area contributed by atoms with Gasteiger partial charge in [-0.15, -0.1) is 0 Å². The first kappa shape index (κ1) is 11.9. The summed E-state index contributed by atoms with van der Waals surface area (Å²) < 4.78 is 10.2. The fraction of sp³-hybridized carbons (Fsp3) is 1.00. The first-order valence-electron chi connectivity index (χ1n) is 4.89. The summed E-state index contributed by atoms with van der Waals surface area (Å²) in [6.45, 7) is 4.00. The van der Waals surface area contributed by atoms with Crippen molar-refractivity contribution in [1.29, 1.82) is 0 Å². The smallest absolute Gasteiger partial charge is 0.183 e. The number of hydrogen-bond acceptors (Lipinski definition) is 5. The summed E-state index contributed by atoms with van der Waals surface area (Å²) in [6.07, 6.45) is -3.88. The number of ether oxygens (including phenoxy) is 2. The van der Waals surface area contributed by atoms with E-state index in [2.05, 4.69) is 0 Å². The van der Waals surface area contributed by atoms with Gasteiger partial charge in [0.2, 0.25) is 0 Å². The van der Waals surface area contributed by atoms with Crippen LogP contribution < -0.4 is 0 Å². The fourth-order valence-electron chi connectivity index (χ4n) is 1.46. The van der Waals surface area contributed by atoms with Gasteiger partial charge < -0.3 is 24.8 Å². The Hall–Kier alpha value is -0.200. The van der Waals surface area contributed by atoms with E-state index >= 15 is 0 Å². The molecule has 0 unspecified atom stereocenters. The molecule has 5 nitrogen and oxygen atoms in total. The highest BCUT2D eigenvalue weighted by molar-refractivity contribution is 4.87. The van der Waals surface area contributed by atoms with Gasteiger partial charge in [-0.25, -0.2) is 0 Å². The van der Waals surface area contributed by atoms with Gasteiger partial charge in [-0.1, -0.05) is 6.92 Å². The SMILES string of the molecule is CCCO[C@@H]1[C@@H](O)[C@H](C)O[C@@H](O)[C@@H]1O. The maximum atomic E-state index is 9.63. The number of aliphatic hydroxyl groups is 3. The molecule has 0 spiro atoms. The fourth-order valence-corrected chi connectivity index (χ4v) is 1.46. The molecule has 0 amide bonds. The van der Waals surface area contributed by atoms with Crippen LogP contribution >= 0.6 is 0 Å². The molecule has 0 radical (unpaired) electrons. The third kappa shape index (κ3) is 2.43. The maximum absolute atomic E-state index is 9.63. The van der Waals surface area contributed by atoms with Gasteiger partial charge in [-0.05, 0) is 13.3 Å². The summed E-state index contributed by atoms with van der Waals surface area (Å²) in [5.41, 5.74) is 0. The van der Waals surface area contributed by atoms with Crippen molar-refractivity contribution in [2.45, 2.75) is 51.0 Å². The monoisotopic (exact) mass is 206 g/mol. The second kappa shape index (κ2) is 5.04. The van der Waals surface area contributed by atoms with E-state index in [1.54, 1.807) is 6.92 Å². The standard InChI is InChI=1S/C9H18O5/c1-3-4-13-8-6(10)5(2)14-9(12)7(8)11/h5-12H,3-4H2,1-2H3/t5-,6-,7+,8+,9+/m0/s1. The van der Waals surface area contributed by atoms with Crippen molar-refractivity contribution < 1.29 is 24.8 Å². The summed E-state index contributed by atoms with van der Waals surface area (Å²) in [5.74, 6) is 0. The zero-order chi connectivity index (χ0) is 10.7. The molecule has 1 fully saturated rings. The van der Waals surface area contributed by atoms with Gasteiger partial charge in [-0.2, -0.15) is 0 Å². The highest BCUT2D eigenvalue weighted by Crippen LogP contribution is 2.21. The van der Waals surface area contributed by atoms with E-state index < -0.39 is 30.7 Å². The van der Waals surface area contributed by atoms with Crippen LogP contribution in [0.25, 0.3) is 0 Å². The molecule has 0 saturated carbocycles. The Morgan fingerprint density at radius 3 is 2.43 bits per heavy atom. The van der Waals surface area contributed by atoms with Crippen LogP contribution in [0.4, 0.5) is 0 Å². The molecular formula is C9H18O5. The first-order valence-corrected chi connectivity index (χ1v) is 4.89. The summed E-state index contributed by atoms with van der Waals surface area (Å²) in [4.78, 5) is 0. The van der Waals surface area contributed by atoms with Crippen LogP contribution in [-0.4, -0.2) is 52.6 Å². The van der Waals surface area contributed by atoms with E-state index in [1.165, 1.54) is 0 Å².